The number of halogens is 1. The van der Waals surface area contributed by atoms with Crippen LogP contribution in [0.1, 0.15) is 18.4 Å². The van der Waals surface area contributed by atoms with Crippen LogP contribution in [0.25, 0.3) is 0 Å². The molecule has 18 heavy (non-hydrogen) atoms. The molecular weight excluding hydrogens is 252 g/mol. The minimum Gasteiger partial charge on any atom is -0.354 e. The molecule has 1 aromatic rings. The van der Waals surface area contributed by atoms with E-state index in [-0.39, 0.29) is 17.9 Å². The van der Waals surface area contributed by atoms with Crippen LogP contribution < -0.4 is 10.6 Å². The van der Waals surface area contributed by atoms with Crippen molar-refractivity contribution in [3.8, 4) is 0 Å². The number of hydrogen-bond acceptors (Lipinski definition) is 2. The lowest BCUT2D eigenvalue weighted by molar-refractivity contribution is -0.125. The van der Waals surface area contributed by atoms with E-state index in [4.69, 9.17) is 11.6 Å². The lowest BCUT2D eigenvalue weighted by Crippen LogP contribution is -2.48. The third-order valence-electron chi connectivity index (χ3n) is 2.91. The number of rotatable bonds is 3. The molecule has 2 amide bonds. The van der Waals surface area contributed by atoms with Crippen LogP contribution in [0.2, 0.25) is 5.02 Å². The van der Waals surface area contributed by atoms with Gasteiger partial charge in [-0.05, 0) is 24.1 Å². The summed E-state index contributed by atoms with van der Waals surface area (Å²) in [4.78, 5) is 22.8. The van der Waals surface area contributed by atoms with Crippen LogP contribution in [-0.2, 0) is 16.0 Å². The predicted octanol–water partition coefficient (Wildman–Crippen LogP) is 1.28. The molecule has 0 radical (unpaired) electrons. The zero-order chi connectivity index (χ0) is 13.0. The van der Waals surface area contributed by atoms with Crippen molar-refractivity contribution in [1.29, 1.82) is 0 Å². The molecule has 0 aliphatic carbocycles. The number of carbonyl (C=O) groups excluding carboxylic acids is 2. The Morgan fingerprint density at radius 2 is 2.11 bits per heavy atom. The number of nitrogens with one attached hydrogen (secondary N) is 2. The van der Waals surface area contributed by atoms with Crippen LogP contribution in [0, 0.1) is 0 Å². The summed E-state index contributed by atoms with van der Waals surface area (Å²) in [6, 6.07) is 7.26. The average molecular weight is 267 g/mol. The van der Waals surface area contributed by atoms with Gasteiger partial charge in [-0.1, -0.05) is 23.7 Å². The largest absolute Gasteiger partial charge is 0.354 e. The smallest absolute Gasteiger partial charge is 0.224 e. The fraction of sp³-hybridized carbons (Fsp3) is 0.385. The highest BCUT2D eigenvalue weighted by Crippen LogP contribution is 2.10. The molecule has 1 fully saturated rings. The van der Waals surface area contributed by atoms with Crippen LogP contribution in [0.4, 0.5) is 0 Å². The topological polar surface area (TPSA) is 58.2 Å². The molecule has 0 spiro atoms. The van der Waals surface area contributed by atoms with E-state index in [1.807, 2.05) is 12.1 Å². The normalized spacial score (nSPS) is 19.2. The van der Waals surface area contributed by atoms with E-state index >= 15 is 0 Å². The quantitative estimate of drug-likeness (QED) is 0.866. The van der Waals surface area contributed by atoms with Gasteiger partial charge < -0.3 is 10.6 Å². The Hall–Kier alpha value is -1.55. The Morgan fingerprint density at radius 1 is 1.39 bits per heavy atom. The molecule has 5 heteroatoms. The number of amides is 2. The Kier molecular flexibility index (Phi) is 4.20. The van der Waals surface area contributed by atoms with Crippen molar-refractivity contribution in [1.82, 2.24) is 10.6 Å². The first-order chi connectivity index (χ1) is 8.63. The first-order valence-electron chi connectivity index (χ1n) is 5.94. The molecule has 1 unspecified atom stereocenters. The predicted molar refractivity (Wildman–Crippen MR) is 69.3 cm³/mol. The van der Waals surface area contributed by atoms with Crippen molar-refractivity contribution in [3.63, 3.8) is 0 Å². The summed E-state index contributed by atoms with van der Waals surface area (Å²) in [6.45, 7) is 0.519. The van der Waals surface area contributed by atoms with Crippen molar-refractivity contribution < 1.29 is 9.59 Å². The van der Waals surface area contributed by atoms with E-state index in [1.54, 1.807) is 12.1 Å². The Labute approximate surface area is 111 Å². The zero-order valence-corrected chi connectivity index (χ0v) is 10.7. The molecule has 1 aliphatic heterocycles. The summed E-state index contributed by atoms with van der Waals surface area (Å²) in [5.41, 5.74) is 0.928. The number of hydrogen-bond donors (Lipinski definition) is 2. The van der Waals surface area contributed by atoms with Crippen molar-refractivity contribution >= 4 is 23.4 Å². The van der Waals surface area contributed by atoms with E-state index in [0.29, 0.717) is 30.8 Å². The molecule has 96 valence electrons. The van der Waals surface area contributed by atoms with Gasteiger partial charge in [0.2, 0.25) is 11.8 Å². The van der Waals surface area contributed by atoms with Crippen LogP contribution in [0.3, 0.4) is 0 Å². The maximum absolute atomic E-state index is 11.8. The lowest BCUT2D eigenvalue weighted by Gasteiger charge is -2.23. The minimum absolute atomic E-state index is 0.0292. The Balaban J connectivity index is 1.81. The average Bonchev–Trinajstić information content (AvgIpc) is 2.35. The highest BCUT2D eigenvalue weighted by Gasteiger charge is 2.19. The van der Waals surface area contributed by atoms with Crippen molar-refractivity contribution in [2.75, 3.05) is 6.54 Å². The van der Waals surface area contributed by atoms with Gasteiger partial charge in [-0.3, -0.25) is 9.59 Å². The van der Waals surface area contributed by atoms with E-state index in [2.05, 4.69) is 10.6 Å². The number of piperidine rings is 1. The van der Waals surface area contributed by atoms with Gasteiger partial charge in [-0.25, -0.2) is 0 Å². The SMILES string of the molecule is O=C1CCC(NC(=O)Cc2ccc(Cl)cc2)CN1. The van der Waals surface area contributed by atoms with E-state index < -0.39 is 0 Å². The molecule has 2 rings (SSSR count). The van der Waals surface area contributed by atoms with Gasteiger partial charge in [0.1, 0.15) is 0 Å². The van der Waals surface area contributed by atoms with Crippen molar-refractivity contribution in [2.45, 2.75) is 25.3 Å². The molecule has 0 saturated carbocycles. The molecule has 1 aromatic carbocycles. The van der Waals surface area contributed by atoms with Crippen LogP contribution in [-0.4, -0.2) is 24.4 Å². The van der Waals surface area contributed by atoms with Gasteiger partial charge in [0.15, 0.2) is 0 Å². The molecule has 1 saturated heterocycles. The third kappa shape index (κ3) is 3.74. The molecule has 1 aliphatic rings. The van der Waals surface area contributed by atoms with E-state index in [1.165, 1.54) is 0 Å². The molecule has 1 atom stereocenters. The summed E-state index contributed by atoms with van der Waals surface area (Å²) < 4.78 is 0. The monoisotopic (exact) mass is 266 g/mol. The van der Waals surface area contributed by atoms with Crippen LogP contribution in [0.15, 0.2) is 24.3 Å². The Bertz CT molecular complexity index is 435. The van der Waals surface area contributed by atoms with Crippen LogP contribution >= 0.6 is 11.6 Å². The second kappa shape index (κ2) is 5.87. The molecule has 2 N–H and O–H groups in total. The fourth-order valence-electron chi connectivity index (χ4n) is 1.92. The first kappa shape index (κ1) is 12.9. The lowest BCUT2D eigenvalue weighted by atomic mass is 10.1. The molecular formula is C13H15ClN2O2. The summed E-state index contributed by atoms with van der Waals surface area (Å²) in [6.07, 6.45) is 1.52. The Morgan fingerprint density at radius 3 is 2.72 bits per heavy atom. The van der Waals surface area contributed by atoms with Gasteiger partial charge in [0.05, 0.1) is 6.42 Å². The van der Waals surface area contributed by atoms with Gasteiger partial charge in [0.25, 0.3) is 0 Å². The summed E-state index contributed by atoms with van der Waals surface area (Å²) in [7, 11) is 0. The van der Waals surface area contributed by atoms with Crippen LogP contribution in [0.5, 0.6) is 0 Å². The first-order valence-corrected chi connectivity index (χ1v) is 6.32. The standard InChI is InChI=1S/C13H15ClN2O2/c14-10-3-1-9(2-4-10)7-13(18)16-11-5-6-12(17)15-8-11/h1-4,11H,5-8H2,(H,15,17)(H,16,18). The third-order valence-corrected chi connectivity index (χ3v) is 3.16. The van der Waals surface area contributed by atoms with Gasteiger partial charge in [0, 0.05) is 24.0 Å². The minimum atomic E-state index is -0.0292. The molecule has 1 heterocycles. The summed E-state index contributed by atoms with van der Waals surface area (Å²) in [5.74, 6) is 0.0247. The van der Waals surface area contributed by atoms with Gasteiger partial charge in [-0.15, -0.1) is 0 Å². The molecule has 0 bridgehead atoms. The van der Waals surface area contributed by atoms with Gasteiger partial charge >= 0.3 is 0 Å². The zero-order valence-electron chi connectivity index (χ0n) is 9.91. The maximum atomic E-state index is 11.8. The van der Waals surface area contributed by atoms with E-state index in [0.717, 1.165) is 5.56 Å². The number of carbonyl (C=O) groups is 2. The molecule has 4 nitrogen and oxygen atoms in total. The van der Waals surface area contributed by atoms with Gasteiger partial charge in [-0.2, -0.15) is 0 Å². The fourth-order valence-corrected chi connectivity index (χ4v) is 2.05. The number of benzene rings is 1. The second-order valence-corrected chi connectivity index (χ2v) is 4.85. The van der Waals surface area contributed by atoms with Crippen molar-refractivity contribution in [3.05, 3.63) is 34.9 Å². The highest BCUT2D eigenvalue weighted by atomic mass is 35.5. The second-order valence-electron chi connectivity index (χ2n) is 4.41. The molecule has 0 aromatic heterocycles. The highest BCUT2D eigenvalue weighted by molar-refractivity contribution is 6.30. The van der Waals surface area contributed by atoms with E-state index in [9.17, 15) is 9.59 Å². The maximum Gasteiger partial charge on any atom is 0.224 e. The summed E-state index contributed by atoms with van der Waals surface area (Å²) in [5, 5.41) is 6.31. The summed E-state index contributed by atoms with van der Waals surface area (Å²) >= 11 is 5.78. The van der Waals surface area contributed by atoms with Crippen molar-refractivity contribution in [2.24, 2.45) is 0 Å².